The third-order valence-corrected chi connectivity index (χ3v) is 3.66. The van der Waals surface area contributed by atoms with Gasteiger partial charge in [0.05, 0.1) is 6.61 Å². The van der Waals surface area contributed by atoms with Gasteiger partial charge >= 0.3 is 0 Å². The summed E-state index contributed by atoms with van der Waals surface area (Å²) >= 11 is 3.35. The van der Waals surface area contributed by atoms with Gasteiger partial charge in [0.2, 0.25) is 5.88 Å². The number of carbonyl (C=O) groups is 1. The molecule has 0 bridgehead atoms. The Hall–Kier alpha value is -1.88. The molecule has 5 heteroatoms. The van der Waals surface area contributed by atoms with Gasteiger partial charge in [0, 0.05) is 28.3 Å². The van der Waals surface area contributed by atoms with Crippen molar-refractivity contribution in [1.82, 2.24) is 10.3 Å². The van der Waals surface area contributed by atoms with E-state index in [4.69, 9.17) is 4.74 Å². The lowest BCUT2D eigenvalue weighted by Gasteiger charge is -2.11. The molecule has 22 heavy (non-hydrogen) atoms. The lowest BCUT2D eigenvalue weighted by Crippen LogP contribution is -2.23. The first-order valence-corrected chi connectivity index (χ1v) is 8.10. The van der Waals surface area contributed by atoms with Crippen molar-refractivity contribution in [3.05, 3.63) is 58.2 Å². The van der Waals surface area contributed by atoms with E-state index in [2.05, 4.69) is 33.2 Å². The lowest BCUT2D eigenvalue weighted by atomic mass is 10.2. The van der Waals surface area contributed by atoms with Crippen LogP contribution in [0.3, 0.4) is 0 Å². The minimum Gasteiger partial charge on any atom is -0.477 e. The fourth-order valence-corrected chi connectivity index (χ4v) is 2.14. The Morgan fingerprint density at radius 2 is 2.05 bits per heavy atom. The van der Waals surface area contributed by atoms with E-state index in [9.17, 15) is 4.79 Å². The van der Waals surface area contributed by atoms with Gasteiger partial charge in [0.1, 0.15) is 0 Å². The molecule has 1 heterocycles. The van der Waals surface area contributed by atoms with Gasteiger partial charge in [-0.15, -0.1) is 0 Å². The number of hydrogen-bond donors (Lipinski definition) is 1. The summed E-state index contributed by atoms with van der Waals surface area (Å²) < 4.78 is 6.61. The molecule has 0 saturated heterocycles. The Bertz CT molecular complexity index is 614. The average molecular weight is 363 g/mol. The fourth-order valence-electron chi connectivity index (χ4n) is 1.88. The number of carbonyl (C=O) groups excluding carboxylic acids is 1. The summed E-state index contributed by atoms with van der Waals surface area (Å²) in [5, 5.41) is 2.89. The van der Waals surface area contributed by atoms with Crippen LogP contribution >= 0.6 is 15.9 Å². The van der Waals surface area contributed by atoms with Gasteiger partial charge < -0.3 is 10.1 Å². The fraction of sp³-hybridized carbons (Fsp3) is 0.294. The zero-order valence-corrected chi connectivity index (χ0v) is 14.1. The van der Waals surface area contributed by atoms with Gasteiger partial charge in [-0.1, -0.05) is 35.3 Å². The lowest BCUT2D eigenvalue weighted by molar-refractivity contribution is 0.0950. The number of halogens is 1. The molecule has 0 aliphatic rings. The highest BCUT2D eigenvalue weighted by atomic mass is 79.9. The molecule has 0 aliphatic heterocycles. The summed E-state index contributed by atoms with van der Waals surface area (Å²) in [5.74, 6) is 0.475. The van der Waals surface area contributed by atoms with Gasteiger partial charge in [0.25, 0.3) is 5.91 Å². The topological polar surface area (TPSA) is 51.2 Å². The Morgan fingerprint density at radius 1 is 1.27 bits per heavy atom. The zero-order valence-electron chi connectivity index (χ0n) is 12.5. The number of benzene rings is 1. The normalized spacial score (nSPS) is 10.3. The molecule has 4 nitrogen and oxygen atoms in total. The second kappa shape index (κ2) is 8.54. The predicted octanol–water partition coefficient (Wildman–Crippen LogP) is 3.95. The number of unbranched alkanes of at least 4 members (excludes halogenated alkanes) is 1. The number of pyridine rings is 1. The molecule has 0 spiro atoms. The highest BCUT2D eigenvalue weighted by molar-refractivity contribution is 9.10. The second-order valence-corrected chi connectivity index (χ2v) is 5.77. The van der Waals surface area contributed by atoms with E-state index in [1.807, 2.05) is 24.3 Å². The van der Waals surface area contributed by atoms with Gasteiger partial charge in [-0.3, -0.25) is 4.79 Å². The number of nitrogens with zero attached hydrogens (tertiary/aromatic N) is 1. The quantitative estimate of drug-likeness (QED) is 0.758. The molecule has 116 valence electrons. The SMILES string of the molecule is CCCCOc1ncccc1CNC(=O)c1ccc(Br)cc1. The van der Waals surface area contributed by atoms with Gasteiger partial charge in [0.15, 0.2) is 0 Å². The van der Waals surface area contributed by atoms with Crippen molar-refractivity contribution in [2.45, 2.75) is 26.3 Å². The maximum atomic E-state index is 12.1. The summed E-state index contributed by atoms with van der Waals surface area (Å²) in [7, 11) is 0. The first-order chi connectivity index (χ1) is 10.7. The molecular formula is C17H19BrN2O2. The van der Waals surface area contributed by atoms with E-state index < -0.39 is 0 Å². The van der Waals surface area contributed by atoms with E-state index in [0.29, 0.717) is 24.6 Å². The van der Waals surface area contributed by atoms with Crippen LogP contribution < -0.4 is 10.1 Å². The van der Waals surface area contributed by atoms with Crippen molar-refractivity contribution in [2.24, 2.45) is 0 Å². The first kappa shape index (κ1) is 16.5. The third kappa shape index (κ3) is 4.84. The number of nitrogens with one attached hydrogen (secondary N) is 1. The van der Waals surface area contributed by atoms with Crippen LogP contribution in [0, 0.1) is 0 Å². The van der Waals surface area contributed by atoms with E-state index in [0.717, 1.165) is 22.9 Å². The number of ether oxygens (including phenoxy) is 1. The van der Waals surface area contributed by atoms with Crippen LogP contribution in [0.2, 0.25) is 0 Å². The molecule has 2 rings (SSSR count). The first-order valence-electron chi connectivity index (χ1n) is 7.31. The van der Waals surface area contributed by atoms with Crippen LogP contribution in [0.15, 0.2) is 47.1 Å². The predicted molar refractivity (Wildman–Crippen MR) is 90.0 cm³/mol. The summed E-state index contributed by atoms with van der Waals surface area (Å²) in [4.78, 5) is 16.3. The molecule has 0 atom stereocenters. The van der Waals surface area contributed by atoms with E-state index in [1.54, 1.807) is 18.3 Å². The maximum Gasteiger partial charge on any atom is 0.251 e. The third-order valence-electron chi connectivity index (χ3n) is 3.13. The van der Waals surface area contributed by atoms with Crippen molar-refractivity contribution in [3.63, 3.8) is 0 Å². The molecule has 1 aromatic carbocycles. The number of hydrogen-bond acceptors (Lipinski definition) is 3. The number of aromatic nitrogens is 1. The van der Waals surface area contributed by atoms with Gasteiger partial charge in [-0.05, 0) is 36.8 Å². The van der Waals surface area contributed by atoms with Crippen LogP contribution in [-0.2, 0) is 6.54 Å². The minimum atomic E-state index is -0.115. The van der Waals surface area contributed by atoms with Crippen molar-refractivity contribution in [3.8, 4) is 5.88 Å². The molecule has 0 radical (unpaired) electrons. The van der Waals surface area contributed by atoms with Crippen LogP contribution in [0.5, 0.6) is 5.88 Å². The van der Waals surface area contributed by atoms with E-state index in [1.165, 1.54) is 0 Å². The Morgan fingerprint density at radius 3 is 2.77 bits per heavy atom. The standard InChI is InChI=1S/C17H19BrN2O2/c1-2-3-11-22-17-14(5-4-10-19-17)12-20-16(21)13-6-8-15(18)9-7-13/h4-10H,2-3,11-12H2,1H3,(H,20,21). The Kier molecular flexibility index (Phi) is 6.40. The average Bonchev–Trinajstić information content (AvgIpc) is 2.54. The molecule has 1 amide bonds. The molecule has 0 saturated carbocycles. The molecule has 0 unspecified atom stereocenters. The summed E-state index contributed by atoms with van der Waals surface area (Å²) in [5.41, 5.74) is 1.50. The monoisotopic (exact) mass is 362 g/mol. The Balaban J connectivity index is 1.96. The van der Waals surface area contributed by atoms with Gasteiger partial charge in [-0.2, -0.15) is 0 Å². The molecule has 0 fully saturated rings. The molecular weight excluding hydrogens is 344 g/mol. The minimum absolute atomic E-state index is 0.115. The maximum absolute atomic E-state index is 12.1. The Labute approximate surface area is 139 Å². The van der Waals surface area contributed by atoms with E-state index in [-0.39, 0.29) is 5.91 Å². The summed E-state index contributed by atoms with van der Waals surface area (Å²) in [6.45, 7) is 3.15. The second-order valence-electron chi connectivity index (χ2n) is 4.86. The van der Waals surface area contributed by atoms with Crippen molar-refractivity contribution < 1.29 is 9.53 Å². The van der Waals surface area contributed by atoms with Crippen LogP contribution in [0.1, 0.15) is 35.7 Å². The molecule has 0 aliphatic carbocycles. The van der Waals surface area contributed by atoms with Crippen LogP contribution in [-0.4, -0.2) is 17.5 Å². The number of rotatable bonds is 7. The molecule has 2 aromatic rings. The molecule has 1 N–H and O–H groups in total. The number of amides is 1. The van der Waals surface area contributed by atoms with Crippen LogP contribution in [0.4, 0.5) is 0 Å². The van der Waals surface area contributed by atoms with Crippen molar-refractivity contribution in [1.29, 1.82) is 0 Å². The van der Waals surface area contributed by atoms with Crippen molar-refractivity contribution >= 4 is 21.8 Å². The summed E-state index contributed by atoms with van der Waals surface area (Å²) in [6, 6.07) is 11.0. The highest BCUT2D eigenvalue weighted by Gasteiger charge is 2.08. The van der Waals surface area contributed by atoms with Crippen molar-refractivity contribution in [2.75, 3.05) is 6.61 Å². The summed E-state index contributed by atoms with van der Waals surface area (Å²) in [6.07, 6.45) is 3.76. The molecule has 1 aromatic heterocycles. The zero-order chi connectivity index (χ0) is 15.8. The van der Waals surface area contributed by atoms with E-state index >= 15 is 0 Å². The van der Waals surface area contributed by atoms with Crippen LogP contribution in [0.25, 0.3) is 0 Å². The smallest absolute Gasteiger partial charge is 0.251 e. The van der Waals surface area contributed by atoms with Gasteiger partial charge in [-0.25, -0.2) is 4.98 Å². The highest BCUT2D eigenvalue weighted by Crippen LogP contribution is 2.15. The largest absolute Gasteiger partial charge is 0.477 e.